The lowest BCUT2D eigenvalue weighted by Crippen LogP contribution is -2.31. The van der Waals surface area contributed by atoms with Crippen LogP contribution in [0.15, 0.2) is 54.7 Å². The highest BCUT2D eigenvalue weighted by Crippen LogP contribution is 2.26. The summed E-state index contributed by atoms with van der Waals surface area (Å²) in [5, 5.41) is 10.5. The van der Waals surface area contributed by atoms with Gasteiger partial charge in [0.15, 0.2) is 0 Å². The van der Waals surface area contributed by atoms with E-state index in [0.29, 0.717) is 18.7 Å². The first kappa shape index (κ1) is 12.7. The van der Waals surface area contributed by atoms with Crippen molar-refractivity contribution < 1.29 is 5.11 Å². The summed E-state index contributed by atoms with van der Waals surface area (Å²) in [6.45, 7) is 1.36. The van der Waals surface area contributed by atoms with Gasteiger partial charge in [0.1, 0.15) is 11.3 Å². The largest absolute Gasteiger partial charge is 0.376 e. The monoisotopic (exact) mass is 264 g/mol. The number of hydrogen-bond donors (Lipinski definition) is 1. The van der Waals surface area contributed by atoms with Gasteiger partial charge in [0.05, 0.1) is 6.54 Å². The number of hydrogen-bond acceptors (Lipinski definition) is 3. The Morgan fingerprint density at radius 2 is 1.90 bits per heavy atom. The molecule has 0 saturated carbocycles. The van der Waals surface area contributed by atoms with Crippen LogP contribution in [0.4, 0.5) is 5.69 Å². The van der Waals surface area contributed by atoms with Crippen molar-refractivity contribution in [3.8, 4) is 11.8 Å². The second kappa shape index (κ2) is 5.36. The lowest BCUT2D eigenvalue weighted by molar-refractivity contribution is 0.125. The summed E-state index contributed by atoms with van der Waals surface area (Å²) in [5.41, 5.74) is 0.870. The van der Waals surface area contributed by atoms with E-state index in [9.17, 15) is 5.11 Å². The van der Waals surface area contributed by atoms with Gasteiger partial charge in [-0.15, -0.1) is 0 Å². The zero-order valence-corrected chi connectivity index (χ0v) is 11.2. The Balaban J connectivity index is 1.74. The quantitative estimate of drug-likeness (QED) is 0.801. The molecule has 1 fully saturated rings. The molecule has 0 aliphatic carbocycles. The molecular weight excluding hydrogens is 248 g/mol. The molecule has 1 atom stereocenters. The van der Waals surface area contributed by atoms with Gasteiger partial charge >= 0.3 is 0 Å². The van der Waals surface area contributed by atoms with Crippen molar-refractivity contribution in [2.45, 2.75) is 12.0 Å². The minimum atomic E-state index is -0.951. The van der Waals surface area contributed by atoms with Crippen molar-refractivity contribution in [2.24, 2.45) is 0 Å². The number of β-amino-alcohol motifs (C(OH)–C–C–N with tert-alkyl or cyclic N) is 1. The van der Waals surface area contributed by atoms with Crippen LogP contribution < -0.4 is 4.90 Å². The number of pyridine rings is 1. The summed E-state index contributed by atoms with van der Waals surface area (Å²) < 4.78 is 0. The lowest BCUT2D eigenvalue weighted by atomic mass is 10.0. The summed E-state index contributed by atoms with van der Waals surface area (Å²) >= 11 is 0. The molecular formula is C17H16N2O. The number of aromatic nitrogens is 1. The van der Waals surface area contributed by atoms with Crippen LogP contribution in [0.1, 0.15) is 12.1 Å². The van der Waals surface area contributed by atoms with Crippen LogP contribution in [0.2, 0.25) is 0 Å². The maximum atomic E-state index is 10.5. The molecule has 0 radical (unpaired) electrons. The van der Waals surface area contributed by atoms with Gasteiger partial charge in [-0.1, -0.05) is 30.2 Å². The average molecular weight is 264 g/mol. The number of rotatable bonds is 1. The number of aliphatic hydroxyl groups is 1. The Bertz CT molecular complexity index is 630. The van der Waals surface area contributed by atoms with E-state index in [-0.39, 0.29) is 0 Å². The Labute approximate surface area is 118 Å². The summed E-state index contributed by atoms with van der Waals surface area (Å²) in [5.74, 6) is 5.94. The number of benzene rings is 1. The van der Waals surface area contributed by atoms with Gasteiger partial charge < -0.3 is 10.0 Å². The third-order valence-electron chi connectivity index (χ3n) is 3.46. The molecule has 100 valence electrons. The van der Waals surface area contributed by atoms with E-state index in [2.05, 4.69) is 33.9 Å². The number of nitrogens with zero attached hydrogens (tertiary/aromatic N) is 2. The normalized spacial score (nSPS) is 21.4. The summed E-state index contributed by atoms with van der Waals surface area (Å²) in [6.07, 6.45) is 2.36. The molecule has 1 aromatic heterocycles. The first-order valence-corrected chi connectivity index (χ1v) is 6.72. The maximum absolute atomic E-state index is 10.5. The standard InChI is InChI=1S/C17H16N2O/c20-17(10-9-15-6-4-5-12-18-15)11-13-19(14-17)16-7-2-1-3-8-16/h1-8,12,20H,11,13-14H2. The molecule has 3 rings (SSSR count). The highest BCUT2D eigenvalue weighted by molar-refractivity contribution is 5.49. The summed E-state index contributed by atoms with van der Waals surface area (Å²) in [4.78, 5) is 6.31. The highest BCUT2D eigenvalue weighted by atomic mass is 16.3. The van der Waals surface area contributed by atoms with E-state index >= 15 is 0 Å². The van der Waals surface area contributed by atoms with Gasteiger partial charge in [0, 0.05) is 24.8 Å². The third kappa shape index (κ3) is 2.81. The predicted octanol–water partition coefficient (Wildman–Crippen LogP) is 2.07. The molecule has 1 N–H and O–H groups in total. The van der Waals surface area contributed by atoms with E-state index in [4.69, 9.17) is 0 Å². The van der Waals surface area contributed by atoms with Crippen molar-refractivity contribution in [2.75, 3.05) is 18.0 Å². The van der Waals surface area contributed by atoms with Crippen molar-refractivity contribution in [1.29, 1.82) is 0 Å². The number of para-hydroxylation sites is 1. The van der Waals surface area contributed by atoms with Gasteiger partial charge in [0.25, 0.3) is 0 Å². The minimum absolute atomic E-state index is 0.539. The fourth-order valence-corrected chi connectivity index (χ4v) is 2.37. The van der Waals surface area contributed by atoms with Gasteiger partial charge in [-0.05, 0) is 30.2 Å². The van der Waals surface area contributed by atoms with Gasteiger partial charge in [-0.3, -0.25) is 0 Å². The van der Waals surface area contributed by atoms with Crippen LogP contribution in [-0.4, -0.2) is 28.8 Å². The van der Waals surface area contributed by atoms with E-state index in [1.165, 1.54) is 0 Å². The van der Waals surface area contributed by atoms with Crippen molar-refractivity contribution in [3.63, 3.8) is 0 Å². The van der Waals surface area contributed by atoms with E-state index in [0.717, 1.165) is 12.2 Å². The van der Waals surface area contributed by atoms with Crippen molar-refractivity contribution in [1.82, 2.24) is 4.98 Å². The molecule has 0 bridgehead atoms. The topological polar surface area (TPSA) is 36.4 Å². The minimum Gasteiger partial charge on any atom is -0.376 e. The molecule has 3 heteroatoms. The molecule has 1 unspecified atom stereocenters. The molecule has 1 saturated heterocycles. The lowest BCUT2D eigenvalue weighted by Gasteiger charge is -2.20. The summed E-state index contributed by atoms with van der Waals surface area (Å²) in [7, 11) is 0. The van der Waals surface area contributed by atoms with Crippen molar-refractivity contribution >= 4 is 5.69 Å². The zero-order valence-electron chi connectivity index (χ0n) is 11.2. The van der Waals surface area contributed by atoms with E-state index in [1.807, 2.05) is 36.4 Å². The zero-order chi connectivity index (χ0) is 13.8. The number of anilines is 1. The summed E-state index contributed by atoms with van der Waals surface area (Å²) in [6, 6.07) is 15.7. The molecule has 20 heavy (non-hydrogen) atoms. The Morgan fingerprint density at radius 1 is 1.10 bits per heavy atom. The van der Waals surface area contributed by atoms with Crippen LogP contribution in [0.5, 0.6) is 0 Å². The smallest absolute Gasteiger partial charge is 0.144 e. The van der Waals surface area contributed by atoms with Crippen molar-refractivity contribution in [3.05, 3.63) is 60.4 Å². The molecule has 1 aliphatic heterocycles. The molecule has 2 aromatic rings. The predicted molar refractivity (Wildman–Crippen MR) is 79.3 cm³/mol. The fraction of sp³-hybridized carbons (Fsp3) is 0.235. The third-order valence-corrected chi connectivity index (χ3v) is 3.46. The highest BCUT2D eigenvalue weighted by Gasteiger charge is 2.34. The SMILES string of the molecule is OC1(C#Cc2ccccn2)CCN(c2ccccc2)C1. The second-order valence-electron chi connectivity index (χ2n) is 5.00. The molecule has 3 nitrogen and oxygen atoms in total. The van der Waals surface area contributed by atoms with Crippen LogP contribution >= 0.6 is 0 Å². The maximum Gasteiger partial charge on any atom is 0.144 e. The van der Waals surface area contributed by atoms with Crippen LogP contribution in [0, 0.1) is 11.8 Å². The van der Waals surface area contributed by atoms with Crippen LogP contribution in [0.3, 0.4) is 0 Å². The van der Waals surface area contributed by atoms with Crippen LogP contribution in [-0.2, 0) is 0 Å². The Hall–Kier alpha value is -2.31. The first-order valence-electron chi connectivity index (χ1n) is 6.72. The molecule has 0 amide bonds. The molecule has 1 aliphatic rings. The van der Waals surface area contributed by atoms with Crippen LogP contribution in [0.25, 0.3) is 0 Å². The van der Waals surface area contributed by atoms with E-state index in [1.54, 1.807) is 6.20 Å². The average Bonchev–Trinajstić information content (AvgIpc) is 2.90. The molecule has 2 heterocycles. The van der Waals surface area contributed by atoms with Gasteiger partial charge in [-0.25, -0.2) is 4.98 Å². The fourth-order valence-electron chi connectivity index (χ4n) is 2.37. The Morgan fingerprint density at radius 3 is 2.65 bits per heavy atom. The van der Waals surface area contributed by atoms with Gasteiger partial charge in [0.2, 0.25) is 0 Å². The van der Waals surface area contributed by atoms with Gasteiger partial charge in [-0.2, -0.15) is 0 Å². The Kier molecular flexibility index (Phi) is 3.41. The second-order valence-corrected chi connectivity index (χ2v) is 5.00. The molecule has 0 spiro atoms. The van der Waals surface area contributed by atoms with E-state index < -0.39 is 5.60 Å². The first-order chi connectivity index (χ1) is 9.75. The molecule has 1 aromatic carbocycles.